The van der Waals surface area contributed by atoms with Crippen molar-refractivity contribution in [2.24, 2.45) is 11.3 Å². The number of carbonyl (C=O) groups is 2. The third kappa shape index (κ3) is 5.95. The third-order valence-corrected chi connectivity index (χ3v) is 2.64. The molecule has 102 valence electrons. The molecule has 0 heterocycles. The van der Waals surface area contributed by atoms with Crippen LogP contribution in [0.15, 0.2) is 23.8 Å². The minimum Gasteiger partial charge on any atom is -0.299 e. The van der Waals surface area contributed by atoms with Gasteiger partial charge in [-0.1, -0.05) is 52.8 Å². The van der Waals surface area contributed by atoms with Crippen LogP contribution < -0.4 is 0 Å². The van der Waals surface area contributed by atoms with Gasteiger partial charge >= 0.3 is 0 Å². The van der Waals surface area contributed by atoms with E-state index in [1.807, 2.05) is 41.5 Å². The van der Waals surface area contributed by atoms with Gasteiger partial charge in [0.15, 0.2) is 5.78 Å². The lowest BCUT2D eigenvalue weighted by molar-refractivity contribution is -0.120. The largest absolute Gasteiger partial charge is 0.299 e. The average Bonchev–Trinajstić information content (AvgIpc) is 2.14. The van der Waals surface area contributed by atoms with Crippen LogP contribution in [0.1, 0.15) is 54.4 Å². The van der Waals surface area contributed by atoms with Crippen LogP contribution in [0.25, 0.3) is 0 Å². The highest BCUT2D eigenvalue weighted by Crippen LogP contribution is 2.22. The van der Waals surface area contributed by atoms with Crippen molar-refractivity contribution in [2.75, 3.05) is 0 Å². The molecule has 0 aliphatic carbocycles. The number of Topliss-reactive ketones (excluding diaryl/α,β-unsaturated/α-hetero) is 2. The van der Waals surface area contributed by atoms with Crippen LogP contribution in [0.3, 0.4) is 0 Å². The summed E-state index contributed by atoms with van der Waals surface area (Å²) in [6.45, 7) is 15.4. The normalized spacial score (nSPS) is 13.3. The summed E-state index contributed by atoms with van der Waals surface area (Å²) in [5, 5.41) is 0. The summed E-state index contributed by atoms with van der Waals surface area (Å²) in [6, 6.07) is 0. The molecule has 2 nitrogen and oxygen atoms in total. The molecule has 0 aromatic heterocycles. The van der Waals surface area contributed by atoms with Crippen molar-refractivity contribution in [2.45, 2.75) is 54.4 Å². The fraction of sp³-hybridized carbons (Fsp3) is 0.625. The predicted octanol–water partition coefficient (Wildman–Crippen LogP) is 4.11. The van der Waals surface area contributed by atoms with E-state index in [4.69, 9.17) is 0 Å². The van der Waals surface area contributed by atoms with Crippen LogP contribution in [0.2, 0.25) is 0 Å². The first-order chi connectivity index (χ1) is 8.08. The minimum absolute atomic E-state index is 0.00619. The second-order valence-corrected chi connectivity index (χ2v) is 6.37. The first kappa shape index (κ1) is 16.8. The molecule has 0 fully saturated rings. The zero-order chi connectivity index (χ0) is 14.5. The first-order valence-corrected chi connectivity index (χ1v) is 6.46. The van der Waals surface area contributed by atoms with Crippen molar-refractivity contribution >= 4 is 11.6 Å². The molecule has 0 N–H and O–H groups in total. The van der Waals surface area contributed by atoms with Crippen molar-refractivity contribution in [1.82, 2.24) is 0 Å². The van der Waals surface area contributed by atoms with Gasteiger partial charge in [-0.15, -0.1) is 0 Å². The Hall–Kier alpha value is -1.18. The monoisotopic (exact) mass is 250 g/mol. The van der Waals surface area contributed by atoms with E-state index in [9.17, 15) is 9.59 Å². The number of hydrogen-bond donors (Lipinski definition) is 0. The lowest BCUT2D eigenvalue weighted by atomic mass is 9.87. The maximum Gasteiger partial charge on any atom is 0.165 e. The van der Waals surface area contributed by atoms with Gasteiger partial charge in [0.25, 0.3) is 0 Å². The minimum atomic E-state index is -0.0642. The summed E-state index contributed by atoms with van der Waals surface area (Å²) < 4.78 is 0. The van der Waals surface area contributed by atoms with Crippen LogP contribution in [0.4, 0.5) is 0 Å². The zero-order valence-electron chi connectivity index (χ0n) is 12.6. The van der Waals surface area contributed by atoms with E-state index < -0.39 is 0 Å². The van der Waals surface area contributed by atoms with Crippen molar-refractivity contribution in [1.29, 1.82) is 0 Å². The highest BCUT2D eigenvalue weighted by molar-refractivity contribution is 6.00. The van der Waals surface area contributed by atoms with E-state index in [2.05, 4.69) is 6.58 Å². The van der Waals surface area contributed by atoms with Gasteiger partial charge in [0.1, 0.15) is 5.78 Å². The van der Waals surface area contributed by atoms with Gasteiger partial charge in [-0.25, -0.2) is 0 Å². The quantitative estimate of drug-likeness (QED) is 0.525. The molecule has 0 aliphatic rings. The molecule has 0 spiro atoms. The van der Waals surface area contributed by atoms with E-state index >= 15 is 0 Å². The molecule has 0 amide bonds. The molecule has 0 rings (SSSR count). The molecular weight excluding hydrogens is 224 g/mol. The van der Waals surface area contributed by atoms with Crippen molar-refractivity contribution in [3.8, 4) is 0 Å². The molecule has 0 atom stereocenters. The lowest BCUT2D eigenvalue weighted by Crippen LogP contribution is -2.15. The molecule has 0 aliphatic heterocycles. The number of ketones is 2. The molecule has 0 bridgehead atoms. The molecule has 0 aromatic carbocycles. The van der Waals surface area contributed by atoms with Gasteiger partial charge in [-0.3, -0.25) is 9.59 Å². The van der Waals surface area contributed by atoms with E-state index in [0.717, 1.165) is 5.57 Å². The summed E-state index contributed by atoms with van der Waals surface area (Å²) in [6.07, 6.45) is 2.45. The van der Waals surface area contributed by atoms with Crippen molar-refractivity contribution in [3.05, 3.63) is 23.8 Å². The van der Waals surface area contributed by atoms with Crippen LogP contribution in [-0.2, 0) is 9.59 Å². The van der Waals surface area contributed by atoms with E-state index in [1.54, 1.807) is 6.08 Å². The van der Waals surface area contributed by atoms with Crippen LogP contribution in [-0.4, -0.2) is 11.6 Å². The highest BCUT2D eigenvalue weighted by Gasteiger charge is 2.19. The SMILES string of the molecule is C=C/C(C(=O)C(C)C)=C(/C)CC(=O)CC(C)(C)C. The number of carbonyl (C=O) groups excluding carboxylic acids is 2. The average molecular weight is 250 g/mol. The summed E-state index contributed by atoms with van der Waals surface area (Å²) in [5.41, 5.74) is 1.43. The van der Waals surface area contributed by atoms with Crippen molar-refractivity contribution < 1.29 is 9.59 Å². The molecule has 0 saturated carbocycles. The Balaban J connectivity index is 4.90. The van der Waals surface area contributed by atoms with Gasteiger partial charge in [0.2, 0.25) is 0 Å². The Morgan fingerprint density at radius 3 is 2.06 bits per heavy atom. The second kappa shape index (κ2) is 6.67. The first-order valence-electron chi connectivity index (χ1n) is 6.46. The standard InChI is InChI=1S/C16H26O2/c1-8-14(15(18)11(2)3)12(4)9-13(17)10-16(5,6)7/h8,11H,1,9-10H2,2-7H3/b14-12+. The number of hydrogen-bond acceptors (Lipinski definition) is 2. The Labute approximate surface area is 111 Å². The van der Waals surface area contributed by atoms with Gasteiger partial charge in [-0.2, -0.15) is 0 Å². The smallest absolute Gasteiger partial charge is 0.165 e. The number of allylic oxidation sites excluding steroid dienone is 3. The van der Waals surface area contributed by atoms with E-state index in [1.165, 1.54) is 0 Å². The van der Waals surface area contributed by atoms with Crippen LogP contribution in [0, 0.1) is 11.3 Å². The maximum atomic E-state index is 11.9. The Kier molecular flexibility index (Phi) is 6.23. The molecule has 0 saturated heterocycles. The summed E-state index contributed by atoms with van der Waals surface area (Å²) in [5.74, 6) is 0.174. The maximum absolute atomic E-state index is 11.9. The van der Waals surface area contributed by atoms with Gasteiger partial charge in [0.05, 0.1) is 0 Å². The molecule has 2 heteroatoms. The Bertz CT molecular complexity index is 365. The zero-order valence-corrected chi connectivity index (χ0v) is 12.6. The Morgan fingerprint density at radius 2 is 1.72 bits per heavy atom. The number of rotatable bonds is 6. The Morgan fingerprint density at radius 1 is 1.22 bits per heavy atom. The predicted molar refractivity (Wildman–Crippen MR) is 76.4 cm³/mol. The van der Waals surface area contributed by atoms with Crippen LogP contribution in [0.5, 0.6) is 0 Å². The summed E-state index contributed by atoms with van der Waals surface area (Å²) in [7, 11) is 0. The highest BCUT2D eigenvalue weighted by atomic mass is 16.1. The van der Waals surface area contributed by atoms with E-state index in [-0.39, 0.29) is 22.9 Å². The molecule has 0 radical (unpaired) electrons. The van der Waals surface area contributed by atoms with Crippen molar-refractivity contribution in [3.63, 3.8) is 0 Å². The molecule has 0 aromatic rings. The van der Waals surface area contributed by atoms with Gasteiger partial charge < -0.3 is 0 Å². The summed E-state index contributed by atoms with van der Waals surface area (Å²) >= 11 is 0. The molecule has 0 unspecified atom stereocenters. The topological polar surface area (TPSA) is 34.1 Å². The molecular formula is C16H26O2. The fourth-order valence-corrected chi connectivity index (χ4v) is 1.84. The van der Waals surface area contributed by atoms with Gasteiger partial charge in [0, 0.05) is 24.3 Å². The van der Waals surface area contributed by atoms with Crippen LogP contribution >= 0.6 is 0 Å². The third-order valence-electron chi connectivity index (χ3n) is 2.64. The second-order valence-electron chi connectivity index (χ2n) is 6.37. The fourth-order valence-electron chi connectivity index (χ4n) is 1.84. The van der Waals surface area contributed by atoms with Gasteiger partial charge in [-0.05, 0) is 12.3 Å². The van der Waals surface area contributed by atoms with E-state index in [0.29, 0.717) is 18.4 Å². The summed E-state index contributed by atoms with van der Waals surface area (Å²) in [4.78, 5) is 23.8. The molecule has 18 heavy (non-hydrogen) atoms. The lowest BCUT2D eigenvalue weighted by Gasteiger charge is -2.17.